The molecule has 1 atom stereocenters. The van der Waals surface area contributed by atoms with Crippen molar-refractivity contribution in [2.45, 2.75) is 12.6 Å². The lowest BCUT2D eigenvalue weighted by atomic mass is 10.1. The number of hydrogen-bond acceptors (Lipinski definition) is 7. The minimum absolute atomic E-state index is 0.152. The van der Waals surface area contributed by atoms with Gasteiger partial charge in [0, 0.05) is 10.9 Å². The van der Waals surface area contributed by atoms with E-state index < -0.39 is 23.6 Å². The van der Waals surface area contributed by atoms with Crippen LogP contribution in [0.5, 0.6) is 5.75 Å². The van der Waals surface area contributed by atoms with Crippen LogP contribution in [0.1, 0.15) is 20.7 Å². The monoisotopic (exact) mass is 495 g/mol. The average Bonchev–Trinajstić information content (AvgIpc) is 3.48. The van der Waals surface area contributed by atoms with Crippen molar-refractivity contribution in [3.8, 4) is 17.1 Å². The molecular weight excluding hydrogens is 474 g/mol. The van der Waals surface area contributed by atoms with Crippen LogP contribution in [0.25, 0.3) is 27.9 Å². The second kappa shape index (κ2) is 8.68. The summed E-state index contributed by atoms with van der Waals surface area (Å²) in [6.45, 7) is -0.403. The highest BCUT2D eigenvalue weighted by atomic mass is 16.5. The Kier molecular flexibility index (Phi) is 5.31. The van der Waals surface area contributed by atoms with Crippen LogP contribution in [0.2, 0.25) is 0 Å². The predicted octanol–water partition coefficient (Wildman–Crippen LogP) is 2.38. The number of fused-ring (bicyclic) bond motifs is 4. The van der Waals surface area contributed by atoms with Crippen molar-refractivity contribution in [1.29, 1.82) is 0 Å². The molecule has 2 aromatic heterocycles. The first kappa shape index (κ1) is 22.6. The Balaban J connectivity index is 1.37. The third-order valence-corrected chi connectivity index (χ3v) is 6.47. The average molecular weight is 495 g/mol. The molecule has 0 fully saturated rings. The van der Waals surface area contributed by atoms with Crippen molar-refractivity contribution in [1.82, 2.24) is 24.1 Å². The van der Waals surface area contributed by atoms with E-state index in [-0.39, 0.29) is 13.1 Å². The summed E-state index contributed by atoms with van der Waals surface area (Å²) in [6.07, 6.45) is -1.19. The highest BCUT2D eigenvalue weighted by Crippen LogP contribution is 2.25. The number of nitrogens with zero attached hydrogens (tertiary/aromatic N) is 5. The SMILES string of the molecule is COc1ccc(-c2nc3c4ccccc4n(CC(O)CN4C(=O)c5ccccc5C4=O)c(=O)n3n2)cc1. The third kappa shape index (κ3) is 3.66. The van der Waals surface area contributed by atoms with Gasteiger partial charge in [-0.15, -0.1) is 5.10 Å². The highest BCUT2D eigenvalue weighted by Gasteiger charge is 2.36. The van der Waals surface area contributed by atoms with Gasteiger partial charge in [-0.05, 0) is 48.5 Å². The molecule has 1 unspecified atom stereocenters. The van der Waals surface area contributed by atoms with Crippen molar-refractivity contribution in [2.24, 2.45) is 0 Å². The zero-order valence-electron chi connectivity index (χ0n) is 19.7. The van der Waals surface area contributed by atoms with Crippen molar-refractivity contribution in [2.75, 3.05) is 13.7 Å². The molecule has 0 saturated heterocycles. The molecule has 0 bridgehead atoms. The molecule has 1 aliphatic rings. The fraction of sp³-hybridized carbons (Fsp3) is 0.148. The van der Waals surface area contributed by atoms with Gasteiger partial charge in [0.25, 0.3) is 11.8 Å². The molecule has 0 aliphatic carbocycles. The summed E-state index contributed by atoms with van der Waals surface area (Å²) in [4.78, 5) is 44.6. The van der Waals surface area contributed by atoms with Gasteiger partial charge in [0.2, 0.25) is 0 Å². The summed E-state index contributed by atoms with van der Waals surface area (Å²) in [5, 5.41) is 16.0. The van der Waals surface area contributed by atoms with Crippen LogP contribution in [-0.4, -0.2) is 60.7 Å². The Morgan fingerprint density at radius 3 is 2.19 bits per heavy atom. The number of carbonyl (C=O) groups is 2. The molecule has 10 nitrogen and oxygen atoms in total. The van der Waals surface area contributed by atoms with Gasteiger partial charge in [-0.25, -0.2) is 9.78 Å². The fourth-order valence-electron chi connectivity index (χ4n) is 4.66. The van der Waals surface area contributed by atoms with Crippen LogP contribution < -0.4 is 10.4 Å². The molecule has 1 aliphatic heterocycles. The third-order valence-electron chi connectivity index (χ3n) is 6.47. The highest BCUT2D eigenvalue weighted by molar-refractivity contribution is 6.21. The number of ether oxygens (including phenoxy) is 1. The van der Waals surface area contributed by atoms with Gasteiger partial charge in [0.1, 0.15) is 5.75 Å². The van der Waals surface area contributed by atoms with Crippen LogP contribution >= 0.6 is 0 Å². The maximum atomic E-state index is 13.5. The number of aliphatic hydroxyl groups excluding tert-OH is 1. The van der Waals surface area contributed by atoms with E-state index in [9.17, 15) is 19.5 Å². The lowest BCUT2D eigenvalue weighted by Gasteiger charge is -2.20. The second-order valence-corrected chi connectivity index (χ2v) is 8.73. The Bertz CT molecular complexity index is 1720. The zero-order valence-corrected chi connectivity index (χ0v) is 19.7. The van der Waals surface area contributed by atoms with Crippen molar-refractivity contribution in [3.63, 3.8) is 0 Å². The molecule has 3 aromatic carbocycles. The first-order valence-corrected chi connectivity index (χ1v) is 11.6. The van der Waals surface area contributed by atoms with Crippen molar-refractivity contribution >= 4 is 28.4 Å². The van der Waals surface area contributed by atoms with E-state index in [1.54, 1.807) is 67.8 Å². The number of benzene rings is 3. The second-order valence-electron chi connectivity index (χ2n) is 8.73. The standard InChI is InChI=1S/C27H21N5O5/c1-37-18-12-10-16(11-13-18)23-28-24-21-8-4-5-9-22(21)30(27(36)32(24)29-23)14-17(33)15-31-25(34)19-6-2-3-7-20(19)26(31)35/h2-13,17,33H,14-15H2,1H3. The number of aliphatic hydroxyl groups is 1. The first-order valence-electron chi connectivity index (χ1n) is 11.6. The van der Waals surface area contributed by atoms with Crippen LogP contribution in [0, 0.1) is 0 Å². The zero-order chi connectivity index (χ0) is 25.7. The summed E-state index contributed by atoms with van der Waals surface area (Å²) in [6, 6.07) is 20.9. The van der Waals surface area contributed by atoms with Crippen LogP contribution in [0.3, 0.4) is 0 Å². The smallest absolute Gasteiger partial charge is 0.351 e. The van der Waals surface area contributed by atoms with E-state index in [0.717, 1.165) is 4.90 Å². The van der Waals surface area contributed by atoms with Gasteiger partial charge in [-0.2, -0.15) is 4.52 Å². The van der Waals surface area contributed by atoms with Crippen LogP contribution in [0.4, 0.5) is 0 Å². The quantitative estimate of drug-likeness (QED) is 0.359. The van der Waals surface area contributed by atoms with E-state index in [0.29, 0.717) is 44.8 Å². The van der Waals surface area contributed by atoms with E-state index in [2.05, 4.69) is 10.1 Å². The van der Waals surface area contributed by atoms with E-state index in [1.807, 2.05) is 12.1 Å². The van der Waals surface area contributed by atoms with E-state index in [1.165, 1.54) is 9.08 Å². The van der Waals surface area contributed by atoms with Gasteiger partial charge in [0.15, 0.2) is 11.5 Å². The molecule has 37 heavy (non-hydrogen) atoms. The minimum atomic E-state index is -1.19. The number of hydrogen-bond donors (Lipinski definition) is 1. The number of para-hydroxylation sites is 1. The number of imide groups is 1. The summed E-state index contributed by atoms with van der Waals surface area (Å²) < 4.78 is 7.80. The number of aromatic nitrogens is 4. The van der Waals surface area contributed by atoms with Crippen LogP contribution in [0.15, 0.2) is 77.6 Å². The Morgan fingerprint density at radius 1 is 0.865 bits per heavy atom. The van der Waals surface area contributed by atoms with Gasteiger partial charge < -0.3 is 9.84 Å². The molecule has 0 saturated carbocycles. The topological polar surface area (TPSA) is 119 Å². The predicted molar refractivity (Wildman–Crippen MR) is 135 cm³/mol. The van der Waals surface area contributed by atoms with Gasteiger partial charge in [-0.3, -0.25) is 19.1 Å². The normalized spacial score (nSPS) is 13.9. The maximum Gasteiger partial charge on any atom is 0.351 e. The number of β-amino-alcohol motifs (C(OH)–C–C–N with tert-alkyl or cyclic N) is 1. The molecule has 0 spiro atoms. The summed E-state index contributed by atoms with van der Waals surface area (Å²) >= 11 is 0. The van der Waals surface area contributed by atoms with Gasteiger partial charge in [-0.1, -0.05) is 24.3 Å². The number of amides is 2. The van der Waals surface area contributed by atoms with Gasteiger partial charge >= 0.3 is 5.69 Å². The van der Waals surface area contributed by atoms with Crippen molar-refractivity contribution < 1.29 is 19.4 Å². The summed E-state index contributed by atoms with van der Waals surface area (Å²) in [7, 11) is 1.58. The molecule has 184 valence electrons. The number of carbonyl (C=O) groups excluding carboxylic acids is 2. The molecule has 6 rings (SSSR count). The fourth-order valence-corrected chi connectivity index (χ4v) is 4.66. The molecule has 2 amide bonds. The Labute approximate surface area is 210 Å². The Hall–Kier alpha value is -4.83. The molecule has 1 N–H and O–H groups in total. The summed E-state index contributed by atoms with van der Waals surface area (Å²) in [5.74, 6) is 0.127. The molecule has 5 aromatic rings. The van der Waals surface area contributed by atoms with Crippen LogP contribution in [-0.2, 0) is 6.54 Å². The van der Waals surface area contributed by atoms with Crippen molar-refractivity contribution in [3.05, 3.63) is 94.4 Å². The number of methoxy groups -OCH3 is 1. The largest absolute Gasteiger partial charge is 0.497 e. The van der Waals surface area contributed by atoms with Gasteiger partial charge in [0.05, 0.1) is 42.9 Å². The lowest BCUT2D eigenvalue weighted by molar-refractivity contribution is 0.0521. The lowest BCUT2D eigenvalue weighted by Crippen LogP contribution is -2.40. The first-order chi connectivity index (χ1) is 18.0. The molecule has 10 heteroatoms. The number of rotatable bonds is 6. The molecular formula is C27H21N5O5. The minimum Gasteiger partial charge on any atom is -0.497 e. The Morgan fingerprint density at radius 2 is 1.51 bits per heavy atom. The summed E-state index contributed by atoms with van der Waals surface area (Å²) in [5.41, 5.74) is 1.76. The maximum absolute atomic E-state index is 13.5. The van der Waals surface area contributed by atoms with E-state index in [4.69, 9.17) is 4.74 Å². The van der Waals surface area contributed by atoms with E-state index >= 15 is 0 Å². The molecule has 3 heterocycles. The molecule has 0 radical (unpaired) electrons.